The average Bonchev–Trinajstić information content (AvgIpc) is 1.58. The molecule has 0 spiro atoms. The Bertz CT molecular complexity index is 9280. The van der Waals surface area contributed by atoms with Crippen LogP contribution in [0.25, 0.3) is 242 Å². The molecule has 20 aromatic carbocycles. The van der Waals surface area contributed by atoms with E-state index in [1.165, 1.54) is 152 Å². The van der Waals surface area contributed by atoms with Gasteiger partial charge in [-0.05, 0) is 230 Å². The monoisotopic (exact) mass is 1800 g/mol. The molecule has 0 aliphatic heterocycles. The van der Waals surface area contributed by atoms with Gasteiger partial charge in [0.2, 0.25) is 5.95 Å². The van der Waals surface area contributed by atoms with Crippen LogP contribution in [0.2, 0.25) is 0 Å². The van der Waals surface area contributed by atoms with Gasteiger partial charge < -0.3 is 13.7 Å². The number of hydrogen-bond acceptors (Lipinski definition) is 5. The molecule has 0 saturated carbocycles. The number of aromatic nitrogens is 8. The Morgan fingerprint density at radius 2 is 0.529 bits per heavy atom. The fourth-order valence-electron chi connectivity index (χ4n) is 21.4. The minimum absolute atomic E-state index is 0.00166. The zero-order chi connectivity index (χ0) is 92.9. The van der Waals surface area contributed by atoms with Crippen molar-refractivity contribution in [3.05, 3.63) is 509 Å². The Morgan fingerprint density at radius 3 is 1.04 bits per heavy atom. The molecule has 0 radical (unpaired) electrons. The second-order valence-electron chi connectivity index (χ2n) is 36.8. The summed E-state index contributed by atoms with van der Waals surface area (Å²) in [4.78, 5) is 20.1. The SMILES string of the molecule is CC1(C)c2ccccc2-c2ccc(-c3ccc4sc5ccc(-n6c7ccccc7c7ccccc76)cc5c4c3)cc21.c1ccc(-c2cc(-c3ccccc3)cc(-c3ccnc(-n4c5ccccc5c5cc(-c6ccc7c(c6)c6ccccc6n7-c6ccccc6)ccc54)n3)c2)cc1.c1ccc(-c2cc(-c3ccccc3)nc(-c3ccc(-c4ccc(-n5c6ccccc6c6ccccc65)cc4)cc3)n2)cc1. The van der Waals surface area contributed by atoms with Crippen molar-refractivity contribution in [2.45, 2.75) is 19.3 Å². The van der Waals surface area contributed by atoms with Crippen molar-refractivity contribution >= 4 is 119 Å². The molecule has 1 aliphatic carbocycles. The highest BCUT2D eigenvalue weighted by Gasteiger charge is 2.36. The molecule has 0 bridgehead atoms. The number of benzene rings is 20. The van der Waals surface area contributed by atoms with E-state index in [-0.39, 0.29) is 5.41 Å². The van der Waals surface area contributed by atoms with E-state index < -0.39 is 0 Å². The summed E-state index contributed by atoms with van der Waals surface area (Å²) in [5.74, 6) is 1.36. The molecule has 658 valence electrons. The number of rotatable bonds is 13. The second kappa shape index (κ2) is 34.4. The van der Waals surface area contributed by atoms with Gasteiger partial charge in [0.05, 0.1) is 61.2 Å². The summed E-state index contributed by atoms with van der Waals surface area (Å²) in [6, 6.07) is 176. The normalized spacial score (nSPS) is 12.1. The molecular weight excluding hydrogens is 1720 g/mol. The van der Waals surface area contributed by atoms with Crippen LogP contribution in [0.5, 0.6) is 0 Å². The average molecular weight is 1810 g/mol. The maximum atomic E-state index is 5.28. The second-order valence-corrected chi connectivity index (χ2v) is 37.8. The van der Waals surface area contributed by atoms with Gasteiger partial charge in [-0.25, -0.2) is 19.9 Å². The van der Waals surface area contributed by atoms with Crippen molar-refractivity contribution in [3.8, 4) is 135 Å². The Labute approximate surface area is 813 Å². The highest BCUT2D eigenvalue weighted by atomic mass is 32.1. The molecule has 1 aliphatic rings. The predicted molar refractivity (Wildman–Crippen MR) is 587 cm³/mol. The third-order valence-electron chi connectivity index (χ3n) is 28.2. The van der Waals surface area contributed by atoms with Gasteiger partial charge in [-0.2, -0.15) is 0 Å². The number of hydrogen-bond donors (Lipinski definition) is 0. The summed E-state index contributed by atoms with van der Waals surface area (Å²) in [7, 11) is 0. The molecule has 7 heterocycles. The zero-order valence-corrected chi connectivity index (χ0v) is 77.6. The van der Waals surface area contributed by atoms with Crippen molar-refractivity contribution in [2.24, 2.45) is 0 Å². The molecule has 0 N–H and O–H groups in total. The van der Waals surface area contributed by atoms with Gasteiger partial charge in [0.15, 0.2) is 5.82 Å². The summed E-state index contributed by atoms with van der Waals surface area (Å²) in [6.07, 6.45) is 1.88. The molecule has 0 amide bonds. The Balaban J connectivity index is 0.000000110. The van der Waals surface area contributed by atoms with Crippen molar-refractivity contribution in [1.82, 2.24) is 38.2 Å². The highest BCUT2D eigenvalue weighted by Crippen LogP contribution is 2.51. The molecule has 140 heavy (non-hydrogen) atoms. The van der Waals surface area contributed by atoms with E-state index in [0.29, 0.717) is 11.8 Å². The lowest BCUT2D eigenvalue weighted by molar-refractivity contribution is 0.660. The molecule has 27 aromatic rings. The maximum absolute atomic E-state index is 5.28. The summed E-state index contributed by atoms with van der Waals surface area (Å²) in [5.41, 5.74) is 37.3. The first kappa shape index (κ1) is 82.6. The molecule has 0 fully saturated rings. The number of para-hydroxylation sites is 7. The first-order valence-corrected chi connectivity index (χ1v) is 48.6. The number of fused-ring (bicyclic) bond motifs is 18. The van der Waals surface area contributed by atoms with Gasteiger partial charge in [-0.3, -0.25) is 4.57 Å². The third-order valence-corrected chi connectivity index (χ3v) is 29.4. The summed E-state index contributed by atoms with van der Waals surface area (Å²) < 4.78 is 12.0. The van der Waals surface area contributed by atoms with E-state index in [4.69, 9.17) is 19.9 Å². The minimum atomic E-state index is -0.00166. The lowest BCUT2D eigenvalue weighted by Gasteiger charge is -2.22. The van der Waals surface area contributed by atoms with Crippen LogP contribution < -0.4 is 0 Å². The highest BCUT2D eigenvalue weighted by molar-refractivity contribution is 7.25. The third kappa shape index (κ3) is 14.5. The van der Waals surface area contributed by atoms with Crippen molar-refractivity contribution in [1.29, 1.82) is 0 Å². The lowest BCUT2D eigenvalue weighted by Crippen LogP contribution is -2.14. The number of nitrogens with zero attached hydrogens (tertiary/aromatic N) is 8. The van der Waals surface area contributed by atoms with E-state index >= 15 is 0 Å². The van der Waals surface area contributed by atoms with Gasteiger partial charge in [-0.15, -0.1) is 11.3 Å². The number of thiophene rings is 1. The van der Waals surface area contributed by atoms with Gasteiger partial charge in [0, 0.05) is 114 Å². The molecular formula is C131H88N8S. The van der Waals surface area contributed by atoms with E-state index in [1.807, 2.05) is 60.0 Å². The fourth-order valence-corrected chi connectivity index (χ4v) is 22.5. The summed E-state index contributed by atoms with van der Waals surface area (Å²) in [5, 5.41) is 12.6. The van der Waals surface area contributed by atoms with Crippen molar-refractivity contribution < 1.29 is 0 Å². The van der Waals surface area contributed by atoms with E-state index in [9.17, 15) is 0 Å². The topological polar surface area (TPSA) is 71.3 Å². The Hall–Kier alpha value is -18.0. The minimum Gasteiger partial charge on any atom is -0.309 e. The van der Waals surface area contributed by atoms with Crippen molar-refractivity contribution in [3.63, 3.8) is 0 Å². The summed E-state index contributed by atoms with van der Waals surface area (Å²) >= 11 is 1.88. The van der Waals surface area contributed by atoms with Crippen LogP contribution in [0.3, 0.4) is 0 Å². The summed E-state index contributed by atoms with van der Waals surface area (Å²) in [6.45, 7) is 4.71. The first-order chi connectivity index (χ1) is 69.2. The molecule has 7 aromatic heterocycles. The van der Waals surface area contributed by atoms with Crippen LogP contribution >= 0.6 is 11.3 Å². The molecule has 9 heteroatoms. The predicted octanol–water partition coefficient (Wildman–Crippen LogP) is 34.7. The van der Waals surface area contributed by atoms with Gasteiger partial charge in [0.1, 0.15) is 0 Å². The van der Waals surface area contributed by atoms with E-state index in [2.05, 4.69) is 481 Å². The van der Waals surface area contributed by atoms with Crippen LogP contribution in [0.1, 0.15) is 25.0 Å². The van der Waals surface area contributed by atoms with Gasteiger partial charge in [-0.1, -0.05) is 354 Å². The van der Waals surface area contributed by atoms with E-state index in [0.717, 1.165) is 89.2 Å². The largest absolute Gasteiger partial charge is 0.309 e. The molecule has 8 nitrogen and oxygen atoms in total. The molecule has 28 rings (SSSR count). The van der Waals surface area contributed by atoms with E-state index in [1.54, 1.807) is 0 Å². The standard InChI is InChI=1S/C52H34N4.C40H27N3.C39H27NS/c1-4-14-35(15-5-1)39-30-40(36-16-6-2-7-17-36)32-41(31-39)47-28-29-53-52(54-47)56-49-23-13-11-21-44(49)46-34-38(25-27-51(46)56)37-24-26-50-45(33-37)43-20-10-12-22-48(43)55(50)42-18-8-3-9-19-42;1-3-11-30(12-4-1)36-27-37(31-13-5-2-6-14-31)42-40(41-36)32-21-19-28(20-22-32)29-23-25-33(26-24-29)43-38-17-9-7-15-34(38)35-16-8-10-18-39(35)43;1-39(2)33-12-6-3-9-27(33)28-18-15-25(22-34(28)39)24-16-19-37-31(21-24)32-23-26(17-20-38(32)41-37)40-35-13-7-4-10-29(35)30-11-5-8-14-36(30)40/h1-34H;1-27H;3-23H,1-2H3. The lowest BCUT2D eigenvalue weighted by atomic mass is 9.81. The van der Waals surface area contributed by atoms with Gasteiger partial charge in [0.25, 0.3) is 0 Å². The van der Waals surface area contributed by atoms with Crippen LogP contribution in [-0.4, -0.2) is 38.2 Å². The zero-order valence-electron chi connectivity index (χ0n) is 76.8. The fraction of sp³-hybridized carbons (Fsp3) is 0.0229. The van der Waals surface area contributed by atoms with Gasteiger partial charge >= 0.3 is 0 Å². The van der Waals surface area contributed by atoms with Crippen LogP contribution in [0.4, 0.5) is 0 Å². The molecule has 0 saturated heterocycles. The first-order valence-electron chi connectivity index (χ1n) is 47.8. The van der Waals surface area contributed by atoms with Crippen LogP contribution in [0, 0.1) is 0 Å². The quantitative estimate of drug-likeness (QED) is 0.115. The van der Waals surface area contributed by atoms with Crippen LogP contribution in [0.15, 0.2) is 498 Å². The molecule has 0 atom stereocenters. The maximum Gasteiger partial charge on any atom is 0.235 e. The Morgan fingerprint density at radius 1 is 0.193 bits per heavy atom. The Kier molecular flexibility index (Phi) is 20.3. The molecule has 0 unspecified atom stereocenters. The smallest absolute Gasteiger partial charge is 0.235 e. The van der Waals surface area contributed by atoms with Crippen LogP contribution in [-0.2, 0) is 5.41 Å². The van der Waals surface area contributed by atoms with Crippen molar-refractivity contribution in [2.75, 3.05) is 0 Å².